The topological polar surface area (TPSA) is 44.4 Å². The van der Waals surface area contributed by atoms with Crippen LogP contribution in [0.4, 0.5) is 0 Å². The van der Waals surface area contributed by atoms with Crippen molar-refractivity contribution in [2.75, 3.05) is 39.3 Å². The highest BCUT2D eigenvalue weighted by atomic mass is 16.2. The molecule has 0 aromatic heterocycles. The largest absolute Gasteiger partial charge is 0.356 e. The molecule has 0 spiro atoms. The van der Waals surface area contributed by atoms with E-state index in [1.54, 1.807) is 0 Å². The maximum Gasteiger partial charge on any atom is 0.226 e. The van der Waals surface area contributed by atoms with Gasteiger partial charge in [0, 0.05) is 38.1 Å². The zero-order valence-corrected chi connectivity index (χ0v) is 13.9. The lowest BCUT2D eigenvalue weighted by atomic mass is 9.77. The molecular weight excluding hydrogens is 262 g/mol. The zero-order chi connectivity index (χ0) is 15.1. The molecule has 4 heteroatoms. The summed E-state index contributed by atoms with van der Waals surface area (Å²) in [6, 6.07) is 0. The number of rotatable bonds is 7. The van der Waals surface area contributed by atoms with Crippen LogP contribution in [-0.2, 0) is 4.79 Å². The molecule has 1 saturated heterocycles. The second-order valence-corrected chi connectivity index (χ2v) is 7.29. The third-order valence-electron chi connectivity index (χ3n) is 4.99. The van der Waals surface area contributed by atoms with Crippen LogP contribution in [0.25, 0.3) is 0 Å². The number of piperazine rings is 1. The lowest BCUT2D eigenvalue weighted by molar-refractivity contribution is -0.131. The van der Waals surface area contributed by atoms with Crippen LogP contribution < -0.4 is 10.6 Å². The summed E-state index contributed by atoms with van der Waals surface area (Å²) in [6.45, 7) is 10.9. The van der Waals surface area contributed by atoms with Crippen molar-refractivity contribution in [2.24, 2.45) is 11.3 Å². The van der Waals surface area contributed by atoms with E-state index in [0.717, 1.165) is 65.0 Å². The number of nitrogens with one attached hydrogen (secondary N) is 2. The van der Waals surface area contributed by atoms with Crippen molar-refractivity contribution >= 4 is 5.91 Å². The minimum atomic E-state index is -0.0524. The molecule has 122 valence electrons. The van der Waals surface area contributed by atoms with E-state index in [4.69, 9.17) is 0 Å². The first kappa shape index (κ1) is 16.8. The number of nitrogens with zero attached hydrogens (tertiary/aromatic N) is 1. The third kappa shape index (κ3) is 4.96. The SMILES string of the molecule is CC(C)CC1(C(=O)NCCCN2CCNCC2)CCCC1. The first-order chi connectivity index (χ1) is 10.1. The van der Waals surface area contributed by atoms with E-state index in [9.17, 15) is 4.79 Å². The Kier molecular flexibility index (Phi) is 6.49. The summed E-state index contributed by atoms with van der Waals surface area (Å²) in [7, 11) is 0. The van der Waals surface area contributed by atoms with Crippen LogP contribution in [0, 0.1) is 11.3 Å². The highest BCUT2D eigenvalue weighted by Gasteiger charge is 2.40. The van der Waals surface area contributed by atoms with Crippen LogP contribution in [0.15, 0.2) is 0 Å². The minimum Gasteiger partial charge on any atom is -0.356 e. The van der Waals surface area contributed by atoms with Gasteiger partial charge in [-0.05, 0) is 38.1 Å². The Morgan fingerprint density at radius 1 is 1.24 bits per heavy atom. The molecule has 2 aliphatic rings. The van der Waals surface area contributed by atoms with E-state index in [2.05, 4.69) is 29.4 Å². The molecule has 0 aromatic rings. The van der Waals surface area contributed by atoms with E-state index in [-0.39, 0.29) is 5.41 Å². The van der Waals surface area contributed by atoms with Gasteiger partial charge < -0.3 is 15.5 Å². The summed E-state index contributed by atoms with van der Waals surface area (Å²) in [6.07, 6.45) is 6.76. The molecule has 0 radical (unpaired) electrons. The molecule has 0 unspecified atom stereocenters. The molecule has 21 heavy (non-hydrogen) atoms. The monoisotopic (exact) mass is 295 g/mol. The molecule has 1 aliphatic heterocycles. The Balaban J connectivity index is 1.69. The van der Waals surface area contributed by atoms with Crippen LogP contribution in [0.1, 0.15) is 52.4 Å². The molecule has 0 atom stereocenters. The smallest absolute Gasteiger partial charge is 0.226 e. The summed E-state index contributed by atoms with van der Waals surface area (Å²) in [5, 5.41) is 6.60. The van der Waals surface area contributed by atoms with E-state index in [0.29, 0.717) is 11.8 Å². The lowest BCUT2D eigenvalue weighted by Gasteiger charge is -2.30. The van der Waals surface area contributed by atoms with Crippen LogP contribution in [-0.4, -0.2) is 50.1 Å². The fourth-order valence-electron chi connectivity index (χ4n) is 3.98. The lowest BCUT2D eigenvalue weighted by Crippen LogP contribution is -2.45. The van der Waals surface area contributed by atoms with Gasteiger partial charge in [0.25, 0.3) is 0 Å². The second kappa shape index (κ2) is 8.14. The molecule has 2 fully saturated rings. The average Bonchev–Trinajstić information content (AvgIpc) is 2.93. The molecule has 1 heterocycles. The Morgan fingerprint density at radius 2 is 1.90 bits per heavy atom. The molecule has 4 nitrogen and oxygen atoms in total. The van der Waals surface area contributed by atoms with Crippen LogP contribution in [0.2, 0.25) is 0 Å². The molecule has 0 aromatic carbocycles. The maximum absolute atomic E-state index is 12.6. The van der Waals surface area contributed by atoms with Crippen molar-refractivity contribution in [1.29, 1.82) is 0 Å². The van der Waals surface area contributed by atoms with Gasteiger partial charge in [0.15, 0.2) is 0 Å². The normalized spacial score (nSPS) is 22.6. The summed E-state index contributed by atoms with van der Waals surface area (Å²) in [5.74, 6) is 0.934. The van der Waals surface area contributed by atoms with Crippen molar-refractivity contribution in [1.82, 2.24) is 15.5 Å². The molecule has 0 bridgehead atoms. The van der Waals surface area contributed by atoms with E-state index in [1.807, 2.05) is 0 Å². The van der Waals surface area contributed by atoms with Gasteiger partial charge in [-0.2, -0.15) is 0 Å². The fraction of sp³-hybridized carbons (Fsp3) is 0.941. The van der Waals surface area contributed by atoms with Gasteiger partial charge in [-0.25, -0.2) is 0 Å². The van der Waals surface area contributed by atoms with Gasteiger partial charge >= 0.3 is 0 Å². The number of carbonyl (C=O) groups excluding carboxylic acids is 1. The van der Waals surface area contributed by atoms with Gasteiger partial charge in [-0.1, -0.05) is 26.7 Å². The van der Waals surface area contributed by atoms with Crippen molar-refractivity contribution in [3.05, 3.63) is 0 Å². The van der Waals surface area contributed by atoms with Crippen molar-refractivity contribution < 1.29 is 4.79 Å². The Hall–Kier alpha value is -0.610. The Bertz CT molecular complexity index is 318. The molecule has 1 saturated carbocycles. The average molecular weight is 295 g/mol. The quantitative estimate of drug-likeness (QED) is 0.706. The van der Waals surface area contributed by atoms with E-state index < -0.39 is 0 Å². The minimum absolute atomic E-state index is 0.0524. The summed E-state index contributed by atoms with van der Waals surface area (Å²) in [4.78, 5) is 15.1. The van der Waals surface area contributed by atoms with Crippen molar-refractivity contribution in [2.45, 2.75) is 52.4 Å². The number of hydrogen-bond donors (Lipinski definition) is 2. The molecule has 1 aliphatic carbocycles. The molecule has 2 rings (SSSR count). The highest BCUT2D eigenvalue weighted by molar-refractivity contribution is 5.82. The number of hydrogen-bond acceptors (Lipinski definition) is 3. The van der Waals surface area contributed by atoms with Crippen LogP contribution >= 0.6 is 0 Å². The van der Waals surface area contributed by atoms with Gasteiger partial charge in [0.05, 0.1) is 0 Å². The highest BCUT2D eigenvalue weighted by Crippen LogP contribution is 2.43. The van der Waals surface area contributed by atoms with Crippen molar-refractivity contribution in [3.63, 3.8) is 0 Å². The van der Waals surface area contributed by atoms with Crippen LogP contribution in [0.3, 0.4) is 0 Å². The maximum atomic E-state index is 12.6. The predicted molar refractivity (Wildman–Crippen MR) is 87.3 cm³/mol. The number of amides is 1. The first-order valence-electron chi connectivity index (χ1n) is 8.84. The van der Waals surface area contributed by atoms with Gasteiger partial charge in [0.2, 0.25) is 5.91 Å². The third-order valence-corrected chi connectivity index (χ3v) is 4.99. The second-order valence-electron chi connectivity index (χ2n) is 7.29. The first-order valence-corrected chi connectivity index (χ1v) is 8.84. The van der Waals surface area contributed by atoms with Crippen LogP contribution in [0.5, 0.6) is 0 Å². The molecule has 1 amide bonds. The zero-order valence-electron chi connectivity index (χ0n) is 13.9. The number of carbonyl (C=O) groups is 1. The van der Waals surface area contributed by atoms with Gasteiger partial charge in [0.1, 0.15) is 0 Å². The molecular formula is C17H33N3O. The van der Waals surface area contributed by atoms with E-state index >= 15 is 0 Å². The standard InChI is InChI=1S/C17H33N3O/c1-15(2)14-17(6-3-4-7-17)16(21)19-8-5-11-20-12-9-18-10-13-20/h15,18H,3-14H2,1-2H3,(H,19,21). The summed E-state index contributed by atoms with van der Waals surface area (Å²) < 4.78 is 0. The van der Waals surface area contributed by atoms with Crippen molar-refractivity contribution in [3.8, 4) is 0 Å². The Labute approximate surface area is 130 Å². The summed E-state index contributed by atoms with van der Waals surface area (Å²) in [5.41, 5.74) is -0.0524. The van der Waals surface area contributed by atoms with Gasteiger partial charge in [-0.15, -0.1) is 0 Å². The molecule has 2 N–H and O–H groups in total. The van der Waals surface area contributed by atoms with E-state index in [1.165, 1.54) is 12.8 Å². The summed E-state index contributed by atoms with van der Waals surface area (Å²) >= 11 is 0. The fourth-order valence-corrected chi connectivity index (χ4v) is 3.98. The van der Waals surface area contributed by atoms with Gasteiger partial charge in [-0.3, -0.25) is 4.79 Å². The Morgan fingerprint density at radius 3 is 2.52 bits per heavy atom. The predicted octanol–water partition coefficient (Wildman–Crippen LogP) is 2.00.